The molecule has 2 aromatic carbocycles. The quantitative estimate of drug-likeness (QED) is 0.480. The fourth-order valence-corrected chi connectivity index (χ4v) is 3.12. The van der Waals surface area contributed by atoms with Crippen LogP contribution in [0.4, 0.5) is 5.82 Å². The molecule has 1 amide bonds. The van der Waals surface area contributed by atoms with Crippen molar-refractivity contribution >= 4 is 23.3 Å². The van der Waals surface area contributed by atoms with Crippen LogP contribution in [0.1, 0.15) is 21.6 Å². The largest absolute Gasteiger partial charge is 0.471 e. The van der Waals surface area contributed by atoms with E-state index in [2.05, 4.69) is 34.6 Å². The predicted molar refractivity (Wildman–Crippen MR) is 115 cm³/mol. The summed E-state index contributed by atoms with van der Waals surface area (Å²) in [7, 11) is 0. The Morgan fingerprint density at radius 1 is 1.13 bits per heavy atom. The molecule has 152 valence electrons. The number of aromatic nitrogens is 4. The second-order valence-electron chi connectivity index (χ2n) is 6.79. The molecule has 0 aliphatic heterocycles. The van der Waals surface area contributed by atoms with Crippen LogP contribution >= 0.6 is 11.6 Å². The molecule has 0 saturated carbocycles. The Morgan fingerprint density at radius 3 is 2.77 bits per heavy atom. The highest BCUT2D eigenvalue weighted by atomic mass is 35.5. The number of carbonyl (C=O) groups is 1. The molecule has 8 heteroatoms. The maximum atomic E-state index is 12.7. The summed E-state index contributed by atoms with van der Waals surface area (Å²) in [6.07, 6.45) is 3.38. The summed E-state index contributed by atoms with van der Waals surface area (Å²) in [5, 5.41) is 12.0. The van der Waals surface area contributed by atoms with Crippen molar-refractivity contribution in [3.63, 3.8) is 0 Å². The van der Waals surface area contributed by atoms with Crippen molar-refractivity contribution in [2.24, 2.45) is 0 Å². The molecule has 7 nitrogen and oxygen atoms in total. The predicted octanol–water partition coefficient (Wildman–Crippen LogP) is 4.38. The summed E-state index contributed by atoms with van der Waals surface area (Å²) in [6.45, 7) is 2.78. The zero-order chi connectivity index (χ0) is 20.9. The van der Waals surface area contributed by atoms with Crippen LogP contribution in [-0.4, -0.2) is 25.5 Å². The van der Waals surface area contributed by atoms with Gasteiger partial charge in [0.25, 0.3) is 5.91 Å². The molecule has 2 heterocycles. The molecule has 4 aromatic rings. The number of ether oxygens (including phenoxy) is 1. The lowest BCUT2D eigenvalue weighted by Gasteiger charge is -2.09. The molecule has 2 aromatic heterocycles. The highest BCUT2D eigenvalue weighted by molar-refractivity contribution is 6.30. The van der Waals surface area contributed by atoms with Crippen LogP contribution in [0, 0.1) is 6.92 Å². The topological polar surface area (TPSA) is 74.0 Å². The van der Waals surface area contributed by atoms with Gasteiger partial charge in [-0.2, -0.15) is 10.2 Å². The van der Waals surface area contributed by atoms with Crippen LogP contribution in [0.15, 0.2) is 73.1 Å². The first-order valence-electron chi connectivity index (χ1n) is 9.37. The fourth-order valence-electron chi connectivity index (χ4n) is 2.99. The van der Waals surface area contributed by atoms with Crippen molar-refractivity contribution in [1.82, 2.24) is 19.6 Å². The molecule has 0 spiro atoms. The van der Waals surface area contributed by atoms with E-state index in [0.717, 1.165) is 5.56 Å². The highest BCUT2D eigenvalue weighted by Crippen LogP contribution is 2.16. The first kappa shape index (κ1) is 19.7. The number of benzene rings is 2. The van der Waals surface area contributed by atoms with Crippen LogP contribution in [0.3, 0.4) is 0 Å². The van der Waals surface area contributed by atoms with Crippen molar-refractivity contribution in [2.45, 2.75) is 20.2 Å². The van der Waals surface area contributed by atoms with Gasteiger partial charge >= 0.3 is 0 Å². The van der Waals surface area contributed by atoms with Gasteiger partial charge in [-0.25, -0.2) is 4.68 Å². The summed E-state index contributed by atoms with van der Waals surface area (Å²) in [5.74, 6) is 0.795. The van der Waals surface area contributed by atoms with Crippen molar-refractivity contribution < 1.29 is 9.53 Å². The van der Waals surface area contributed by atoms with Crippen LogP contribution in [0.5, 0.6) is 5.75 Å². The first-order valence-corrected chi connectivity index (χ1v) is 9.75. The molecule has 0 bridgehead atoms. The van der Waals surface area contributed by atoms with E-state index < -0.39 is 0 Å². The van der Waals surface area contributed by atoms with E-state index in [0.29, 0.717) is 28.8 Å². The second kappa shape index (κ2) is 8.84. The van der Waals surface area contributed by atoms with Gasteiger partial charge in [-0.1, -0.05) is 41.4 Å². The Kier molecular flexibility index (Phi) is 5.81. The summed E-state index contributed by atoms with van der Waals surface area (Å²) >= 11 is 5.88. The van der Waals surface area contributed by atoms with Crippen molar-refractivity contribution in [3.05, 3.63) is 94.9 Å². The number of aryl methyl sites for hydroxylation is 1. The smallest absolute Gasteiger partial charge is 0.275 e. The van der Waals surface area contributed by atoms with Gasteiger partial charge in [0.15, 0.2) is 12.5 Å². The van der Waals surface area contributed by atoms with Gasteiger partial charge in [-0.3, -0.25) is 9.48 Å². The zero-order valence-electron chi connectivity index (χ0n) is 16.3. The molecule has 0 unspecified atom stereocenters. The summed E-state index contributed by atoms with van der Waals surface area (Å²) in [6, 6.07) is 18.6. The molecule has 0 saturated heterocycles. The van der Waals surface area contributed by atoms with E-state index in [1.165, 1.54) is 10.2 Å². The molecule has 0 aliphatic rings. The van der Waals surface area contributed by atoms with Gasteiger partial charge in [0.2, 0.25) is 0 Å². The van der Waals surface area contributed by atoms with Crippen molar-refractivity contribution in [1.29, 1.82) is 0 Å². The third-order valence-corrected chi connectivity index (χ3v) is 4.68. The lowest BCUT2D eigenvalue weighted by molar-refractivity contribution is 0.100. The number of anilines is 1. The molecular weight excluding hydrogens is 402 g/mol. The summed E-state index contributed by atoms with van der Waals surface area (Å²) in [5.41, 5.74) is 2.72. The number of amides is 1. The van der Waals surface area contributed by atoms with E-state index in [1.54, 1.807) is 47.3 Å². The van der Waals surface area contributed by atoms with E-state index in [-0.39, 0.29) is 12.6 Å². The lowest BCUT2D eigenvalue weighted by Crippen LogP contribution is -2.20. The number of halogens is 1. The number of carbonyl (C=O) groups excluding carboxylic acids is 1. The molecular formula is C22H20ClN5O2. The van der Waals surface area contributed by atoms with Crippen LogP contribution < -0.4 is 10.1 Å². The minimum absolute atomic E-state index is 0.0964. The van der Waals surface area contributed by atoms with E-state index in [4.69, 9.17) is 16.3 Å². The lowest BCUT2D eigenvalue weighted by atomic mass is 10.1. The third-order valence-electron chi connectivity index (χ3n) is 4.43. The Bertz CT molecular complexity index is 1150. The molecule has 1 N–H and O–H groups in total. The van der Waals surface area contributed by atoms with Gasteiger partial charge in [-0.15, -0.1) is 0 Å². The number of nitrogens with one attached hydrogen (secondary N) is 1. The van der Waals surface area contributed by atoms with E-state index in [1.807, 2.05) is 18.3 Å². The maximum Gasteiger partial charge on any atom is 0.275 e. The maximum absolute atomic E-state index is 12.7. The van der Waals surface area contributed by atoms with Crippen LogP contribution in [0.2, 0.25) is 5.02 Å². The number of hydrogen-bond donors (Lipinski definition) is 1. The minimum Gasteiger partial charge on any atom is -0.471 e. The van der Waals surface area contributed by atoms with Gasteiger partial charge < -0.3 is 10.1 Å². The summed E-state index contributed by atoms with van der Waals surface area (Å²) < 4.78 is 8.93. The number of nitrogens with zero attached hydrogens (tertiary/aromatic N) is 4. The van der Waals surface area contributed by atoms with E-state index >= 15 is 0 Å². The standard InChI is InChI=1S/C22H20ClN5O2/c1-16-3-2-4-17(13-16)14-27-12-10-21(26-27)25-22(29)20-9-11-24-28(20)15-30-19-7-5-18(23)6-8-19/h2-13H,14-15H2,1H3,(H,25,26,29). The zero-order valence-corrected chi connectivity index (χ0v) is 17.1. The Balaban J connectivity index is 1.38. The number of rotatable bonds is 7. The van der Waals surface area contributed by atoms with Gasteiger partial charge in [0.05, 0.1) is 6.54 Å². The molecule has 0 aliphatic carbocycles. The minimum atomic E-state index is -0.312. The average Bonchev–Trinajstić information content (AvgIpc) is 3.37. The normalized spacial score (nSPS) is 10.7. The van der Waals surface area contributed by atoms with Gasteiger partial charge in [-0.05, 0) is 42.8 Å². The van der Waals surface area contributed by atoms with Crippen LogP contribution in [0.25, 0.3) is 0 Å². The second-order valence-corrected chi connectivity index (χ2v) is 7.22. The molecule has 30 heavy (non-hydrogen) atoms. The average molecular weight is 422 g/mol. The SMILES string of the molecule is Cc1cccc(Cn2ccc(NC(=O)c3ccnn3COc3ccc(Cl)cc3)n2)c1. The van der Waals surface area contributed by atoms with Crippen molar-refractivity contribution in [3.8, 4) is 5.75 Å². The van der Waals surface area contributed by atoms with E-state index in [9.17, 15) is 4.79 Å². The monoisotopic (exact) mass is 421 g/mol. The Hall–Kier alpha value is -3.58. The summed E-state index contributed by atoms with van der Waals surface area (Å²) in [4.78, 5) is 12.7. The Morgan fingerprint density at radius 2 is 1.97 bits per heavy atom. The number of hydrogen-bond acceptors (Lipinski definition) is 4. The van der Waals surface area contributed by atoms with Crippen molar-refractivity contribution in [2.75, 3.05) is 5.32 Å². The Labute approximate surface area is 178 Å². The highest BCUT2D eigenvalue weighted by Gasteiger charge is 2.14. The first-order chi connectivity index (χ1) is 14.6. The van der Waals surface area contributed by atoms with Crippen LogP contribution in [-0.2, 0) is 13.3 Å². The molecule has 0 radical (unpaired) electrons. The molecule has 0 atom stereocenters. The van der Waals surface area contributed by atoms with Gasteiger partial charge in [0.1, 0.15) is 11.4 Å². The fraction of sp³-hybridized carbons (Fsp3) is 0.136. The molecule has 4 rings (SSSR count). The molecule has 0 fully saturated rings. The van der Waals surface area contributed by atoms with Gasteiger partial charge in [0, 0.05) is 23.5 Å². The third kappa shape index (κ3) is 4.87.